The molecule has 1 saturated carbocycles. The van der Waals surface area contributed by atoms with Crippen molar-refractivity contribution < 1.29 is 14.7 Å². The molecule has 2 rings (SSSR count). The molecule has 0 spiro atoms. The molecule has 0 unspecified atom stereocenters. The summed E-state index contributed by atoms with van der Waals surface area (Å²) in [6.07, 6.45) is 8.40. The van der Waals surface area contributed by atoms with Crippen molar-refractivity contribution in [3.63, 3.8) is 0 Å². The molecule has 1 saturated heterocycles. The summed E-state index contributed by atoms with van der Waals surface area (Å²) in [5.41, 5.74) is 0. The Morgan fingerprint density at radius 3 is 2.43 bits per heavy atom. The Bertz CT molecular complexity index is 383. The Hall–Kier alpha value is -1.14. The Labute approximate surface area is 139 Å². The lowest BCUT2D eigenvalue weighted by Crippen LogP contribution is -2.45. The zero-order valence-corrected chi connectivity index (χ0v) is 14.1. The van der Waals surface area contributed by atoms with Crippen LogP contribution in [0.4, 0.5) is 0 Å². The van der Waals surface area contributed by atoms with Gasteiger partial charge in [0.25, 0.3) is 0 Å². The molecule has 2 amide bonds. The van der Waals surface area contributed by atoms with Gasteiger partial charge in [0.15, 0.2) is 0 Å². The number of nitrogens with one attached hydrogen (secondary N) is 2. The van der Waals surface area contributed by atoms with Crippen molar-refractivity contribution in [3.05, 3.63) is 0 Å². The average molecular weight is 325 g/mol. The standard InChI is InChI=1S/C17H31N3O3/c21-13-15-7-3-4-11-20(15)12-10-18-16(22)8-9-17(23)19-14-5-1-2-6-14/h14-15,21H,1-13H2,(H,18,22)(H,19,23)/t15-/m0/s1. The van der Waals surface area contributed by atoms with Crippen molar-refractivity contribution in [1.29, 1.82) is 0 Å². The molecule has 23 heavy (non-hydrogen) atoms. The number of rotatable bonds is 8. The van der Waals surface area contributed by atoms with Crippen LogP contribution in [0, 0.1) is 0 Å². The minimum absolute atomic E-state index is 0.0107. The predicted molar refractivity (Wildman–Crippen MR) is 88.9 cm³/mol. The summed E-state index contributed by atoms with van der Waals surface area (Å²) in [6.45, 7) is 2.53. The van der Waals surface area contributed by atoms with Gasteiger partial charge in [-0.25, -0.2) is 0 Å². The lowest BCUT2D eigenvalue weighted by Gasteiger charge is -2.34. The maximum Gasteiger partial charge on any atom is 0.220 e. The first kappa shape index (κ1) is 18.2. The van der Waals surface area contributed by atoms with Gasteiger partial charge < -0.3 is 15.7 Å². The van der Waals surface area contributed by atoms with Crippen LogP contribution in [-0.2, 0) is 9.59 Å². The zero-order chi connectivity index (χ0) is 16.5. The number of hydrogen-bond acceptors (Lipinski definition) is 4. The van der Waals surface area contributed by atoms with E-state index < -0.39 is 0 Å². The molecular weight excluding hydrogens is 294 g/mol. The zero-order valence-electron chi connectivity index (χ0n) is 14.1. The molecule has 0 bridgehead atoms. The first-order valence-electron chi connectivity index (χ1n) is 9.10. The van der Waals surface area contributed by atoms with E-state index in [-0.39, 0.29) is 37.3 Å². The van der Waals surface area contributed by atoms with E-state index in [1.807, 2.05) is 0 Å². The minimum Gasteiger partial charge on any atom is -0.395 e. The predicted octanol–water partition coefficient (Wildman–Crippen LogP) is 0.788. The van der Waals surface area contributed by atoms with Crippen molar-refractivity contribution >= 4 is 11.8 Å². The van der Waals surface area contributed by atoms with Crippen LogP contribution in [-0.4, -0.2) is 60.1 Å². The number of carbonyl (C=O) groups excluding carboxylic acids is 2. The monoisotopic (exact) mass is 325 g/mol. The number of nitrogens with zero attached hydrogens (tertiary/aromatic N) is 1. The highest BCUT2D eigenvalue weighted by atomic mass is 16.3. The molecule has 1 aliphatic carbocycles. The average Bonchev–Trinajstić information content (AvgIpc) is 3.06. The van der Waals surface area contributed by atoms with Gasteiger partial charge in [-0.15, -0.1) is 0 Å². The third-order valence-corrected chi connectivity index (χ3v) is 4.98. The van der Waals surface area contributed by atoms with Crippen molar-refractivity contribution in [1.82, 2.24) is 15.5 Å². The van der Waals surface area contributed by atoms with E-state index in [9.17, 15) is 14.7 Å². The number of piperidine rings is 1. The molecule has 3 N–H and O–H groups in total. The fourth-order valence-corrected chi connectivity index (χ4v) is 3.59. The molecule has 0 aromatic heterocycles. The number of carbonyl (C=O) groups is 2. The molecule has 2 aliphatic rings. The van der Waals surface area contributed by atoms with Gasteiger partial charge in [0, 0.05) is 38.0 Å². The topological polar surface area (TPSA) is 81.7 Å². The van der Waals surface area contributed by atoms with E-state index in [1.165, 1.54) is 19.3 Å². The normalized spacial score (nSPS) is 22.9. The molecule has 1 aliphatic heterocycles. The largest absolute Gasteiger partial charge is 0.395 e. The van der Waals surface area contributed by atoms with Crippen LogP contribution in [0.1, 0.15) is 57.8 Å². The van der Waals surface area contributed by atoms with Crippen LogP contribution < -0.4 is 10.6 Å². The Kier molecular flexibility index (Phi) is 7.82. The first-order chi connectivity index (χ1) is 11.2. The van der Waals surface area contributed by atoms with E-state index in [4.69, 9.17) is 0 Å². The van der Waals surface area contributed by atoms with Gasteiger partial charge in [0.2, 0.25) is 11.8 Å². The number of aliphatic hydroxyl groups is 1. The van der Waals surface area contributed by atoms with E-state index in [0.717, 1.165) is 38.8 Å². The lowest BCUT2D eigenvalue weighted by atomic mass is 10.0. The number of likely N-dealkylation sites (tertiary alicyclic amines) is 1. The Morgan fingerprint density at radius 1 is 1.00 bits per heavy atom. The van der Waals surface area contributed by atoms with Crippen LogP contribution in [0.15, 0.2) is 0 Å². The summed E-state index contributed by atoms with van der Waals surface area (Å²) in [5, 5.41) is 15.2. The molecule has 1 heterocycles. The van der Waals surface area contributed by atoms with Crippen LogP contribution in [0.2, 0.25) is 0 Å². The fourth-order valence-electron chi connectivity index (χ4n) is 3.59. The summed E-state index contributed by atoms with van der Waals surface area (Å²) in [5.74, 6) is -0.0763. The lowest BCUT2D eigenvalue weighted by molar-refractivity contribution is -0.126. The quantitative estimate of drug-likeness (QED) is 0.616. The van der Waals surface area contributed by atoms with Crippen molar-refractivity contribution in [2.24, 2.45) is 0 Å². The van der Waals surface area contributed by atoms with Gasteiger partial charge in [0.1, 0.15) is 0 Å². The second kappa shape index (κ2) is 9.88. The molecule has 0 aromatic rings. The minimum atomic E-state index is -0.0656. The van der Waals surface area contributed by atoms with E-state index in [0.29, 0.717) is 12.6 Å². The van der Waals surface area contributed by atoms with Crippen LogP contribution in [0.3, 0.4) is 0 Å². The summed E-state index contributed by atoms with van der Waals surface area (Å²) < 4.78 is 0. The summed E-state index contributed by atoms with van der Waals surface area (Å²) in [4.78, 5) is 25.8. The highest BCUT2D eigenvalue weighted by Gasteiger charge is 2.21. The number of amides is 2. The molecule has 132 valence electrons. The number of aliphatic hydroxyl groups excluding tert-OH is 1. The maximum atomic E-state index is 11.8. The maximum absolute atomic E-state index is 11.8. The molecule has 2 fully saturated rings. The molecule has 0 radical (unpaired) electrons. The highest BCUT2D eigenvalue weighted by Crippen LogP contribution is 2.17. The van der Waals surface area contributed by atoms with E-state index >= 15 is 0 Å². The van der Waals surface area contributed by atoms with Crippen molar-refractivity contribution in [2.45, 2.75) is 69.9 Å². The first-order valence-corrected chi connectivity index (χ1v) is 9.10. The third kappa shape index (κ3) is 6.47. The summed E-state index contributed by atoms with van der Waals surface area (Å²) in [7, 11) is 0. The number of hydrogen-bond donors (Lipinski definition) is 3. The van der Waals surface area contributed by atoms with E-state index in [2.05, 4.69) is 15.5 Å². The second-order valence-corrected chi connectivity index (χ2v) is 6.77. The molecule has 6 nitrogen and oxygen atoms in total. The molecular formula is C17H31N3O3. The van der Waals surface area contributed by atoms with Gasteiger partial charge in [-0.1, -0.05) is 19.3 Å². The van der Waals surface area contributed by atoms with Crippen molar-refractivity contribution in [2.75, 3.05) is 26.2 Å². The van der Waals surface area contributed by atoms with Crippen LogP contribution >= 0.6 is 0 Å². The summed E-state index contributed by atoms with van der Waals surface area (Å²) >= 11 is 0. The van der Waals surface area contributed by atoms with Gasteiger partial charge in [-0.3, -0.25) is 14.5 Å². The van der Waals surface area contributed by atoms with E-state index in [1.54, 1.807) is 0 Å². The summed E-state index contributed by atoms with van der Waals surface area (Å²) in [6, 6.07) is 0.554. The SMILES string of the molecule is O=C(CCC(=O)NC1CCCC1)NCCN1CCCC[C@H]1CO. The third-order valence-electron chi connectivity index (χ3n) is 4.98. The smallest absolute Gasteiger partial charge is 0.220 e. The highest BCUT2D eigenvalue weighted by molar-refractivity contribution is 5.83. The Morgan fingerprint density at radius 2 is 1.70 bits per heavy atom. The van der Waals surface area contributed by atoms with Crippen LogP contribution in [0.25, 0.3) is 0 Å². The van der Waals surface area contributed by atoms with Gasteiger partial charge >= 0.3 is 0 Å². The van der Waals surface area contributed by atoms with Crippen molar-refractivity contribution in [3.8, 4) is 0 Å². The fraction of sp³-hybridized carbons (Fsp3) is 0.882. The molecule has 1 atom stereocenters. The van der Waals surface area contributed by atoms with Gasteiger partial charge in [-0.2, -0.15) is 0 Å². The van der Waals surface area contributed by atoms with Gasteiger partial charge in [0.05, 0.1) is 6.61 Å². The molecule has 0 aromatic carbocycles. The second-order valence-electron chi connectivity index (χ2n) is 6.77. The van der Waals surface area contributed by atoms with Crippen LogP contribution in [0.5, 0.6) is 0 Å². The van der Waals surface area contributed by atoms with Gasteiger partial charge in [-0.05, 0) is 32.2 Å². The Balaban J connectivity index is 1.54. The molecule has 6 heteroatoms.